The van der Waals surface area contributed by atoms with Gasteiger partial charge in [-0.25, -0.2) is 17.9 Å². The van der Waals surface area contributed by atoms with E-state index in [1.807, 2.05) is 27.3 Å². The maximum Gasteiger partial charge on any atom is 0.317 e. The Balaban J connectivity index is 1.08. The first-order chi connectivity index (χ1) is 22.7. The van der Waals surface area contributed by atoms with Crippen LogP contribution in [0.25, 0.3) is 0 Å². The molecule has 1 aromatic rings. The molecule has 0 radical (unpaired) electrons. The Labute approximate surface area is 284 Å². The fourth-order valence-electron chi connectivity index (χ4n) is 7.66. The summed E-state index contributed by atoms with van der Waals surface area (Å²) < 4.78 is 27.2. The number of nitrogens with zero attached hydrogens (tertiary/aromatic N) is 2. The zero-order valence-corrected chi connectivity index (χ0v) is 29.4. The highest BCUT2D eigenvalue weighted by atomic mass is 32.2. The van der Waals surface area contributed by atoms with Gasteiger partial charge in [0, 0.05) is 49.7 Å². The van der Waals surface area contributed by atoms with Crippen molar-refractivity contribution in [1.82, 2.24) is 30.5 Å². The Morgan fingerprint density at radius 3 is 2.38 bits per heavy atom. The first-order valence-electron chi connectivity index (χ1n) is 18.1. The number of unbranched alkanes of at least 4 members (excludes halogenated alkanes) is 1. The predicted molar refractivity (Wildman–Crippen MR) is 183 cm³/mol. The van der Waals surface area contributed by atoms with Gasteiger partial charge in [0.2, 0.25) is 21.8 Å². The molecule has 47 heavy (non-hydrogen) atoms. The average molecular weight is 691 g/mol. The van der Waals surface area contributed by atoms with Crippen LogP contribution in [-0.2, 0) is 26.2 Å². The van der Waals surface area contributed by atoms with E-state index in [4.69, 9.17) is 0 Å². The third kappa shape index (κ3) is 9.48. The van der Waals surface area contributed by atoms with E-state index in [2.05, 4.69) is 20.7 Å². The number of urea groups is 1. The molecule has 3 atom stereocenters. The molecule has 0 unspecified atom stereocenters. The SMILES string of the molecule is O=C(NCc1cccs1)[C@H]1CN(C(=O)[C@@H](CCCCNS(=O)(=O)C2CC2)NC2CCCCC2)CC[C@H]1NC(=O)N1CCC2(CC1)CC2. The number of rotatable bonds is 14. The smallest absolute Gasteiger partial charge is 0.317 e. The van der Waals surface area contributed by atoms with Crippen molar-refractivity contribution in [3.63, 3.8) is 0 Å². The Hall–Kier alpha value is -2.22. The van der Waals surface area contributed by atoms with Crippen molar-refractivity contribution in [2.24, 2.45) is 11.3 Å². The van der Waals surface area contributed by atoms with E-state index in [9.17, 15) is 22.8 Å². The number of hydrogen-bond acceptors (Lipinski definition) is 7. The Kier molecular flexibility index (Phi) is 11.5. The van der Waals surface area contributed by atoms with Crippen LogP contribution in [-0.4, -0.2) is 92.2 Å². The number of thiophene rings is 1. The molecule has 6 rings (SSSR count). The largest absolute Gasteiger partial charge is 0.351 e. The van der Waals surface area contributed by atoms with Gasteiger partial charge in [-0.05, 0) is 87.5 Å². The first-order valence-corrected chi connectivity index (χ1v) is 20.5. The maximum atomic E-state index is 14.2. The van der Waals surface area contributed by atoms with Gasteiger partial charge < -0.3 is 25.8 Å². The van der Waals surface area contributed by atoms with Crippen LogP contribution >= 0.6 is 11.3 Å². The summed E-state index contributed by atoms with van der Waals surface area (Å²) in [7, 11) is -3.21. The highest BCUT2D eigenvalue weighted by Gasteiger charge is 2.46. The number of carbonyl (C=O) groups excluding carboxylic acids is 3. The quantitative estimate of drug-likeness (QED) is 0.220. The molecule has 13 heteroatoms. The highest BCUT2D eigenvalue weighted by molar-refractivity contribution is 7.90. The molecule has 0 aromatic carbocycles. The molecule has 3 saturated carbocycles. The Morgan fingerprint density at radius 2 is 1.70 bits per heavy atom. The number of sulfonamides is 1. The minimum atomic E-state index is -3.21. The minimum absolute atomic E-state index is 0.000676. The van der Waals surface area contributed by atoms with Crippen molar-refractivity contribution in [3.8, 4) is 0 Å². The van der Waals surface area contributed by atoms with Gasteiger partial charge in [-0.3, -0.25) is 9.59 Å². The predicted octanol–water partition coefficient (Wildman–Crippen LogP) is 3.71. The highest BCUT2D eigenvalue weighted by Crippen LogP contribution is 2.53. The molecule has 4 amide bonds. The topological polar surface area (TPSA) is 140 Å². The van der Waals surface area contributed by atoms with Crippen molar-refractivity contribution in [3.05, 3.63) is 22.4 Å². The van der Waals surface area contributed by atoms with Crippen molar-refractivity contribution in [2.45, 2.75) is 126 Å². The Bertz CT molecular complexity index is 1320. The zero-order chi connectivity index (χ0) is 32.9. The number of likely N-dealkylation sites (tertiary alicyclic amines) is 2. The molecule has 2 saturated heterocycles. The molecule has 1 spiro atoms. The van der Waals surface area contributed by atoms with Gasteiger partial charge in [0.1, 0.15) is 0 Å². The molecule has 1 aromatic heterocycles. The second-order valence-corrected chi connectivity index (χ2v) is 17.8. The summed E-state index contributed by atoms with van der Waals surface area (Å²) in [5.74, 6) is -0.694. The van der Waals surface area contributed by atoms with E-state index in [-0.39, 0.29) is 47.8 Å². The third-order valence-electron chi connectivity index (χ3n) is 11.2. The number of piperidine rings is 2. The van der Waals surface area contributed by atoms with Crippen LogP contribution in [0.5, 0.6) is 0 Å². The zero-order valence-electron chi connectivity index (χ0n) is 27.7. The fraction of sp³-hybridized carbons (Fsp3) is 0.794. The molecule has 5 aliphatic rings. The number of carbonyl (C=O) groups is 3. The van der Waals surface area contributed by atoms with Crippen LogP contribution in [0, 0.1) is 11.3 Å². The molecular weight excluding hydrogens is 637 g/mol. The van der Waals surface area contributed by atoms with Crippen LogP contribution in [0.2, 0.25) is 0 Å². The van der Waals surface area contributed by atoms with Crippen LogP contribution in [0.15, 0.2) is 17.5 Å². The second-order valence-electron chi connectivity index (χ2n) is 14.7. The lowest BCUT2D eigenvalue weighted by atomic mass is 9.89. The molecule has 3 aliphatic carbocycles. The van der Waals surface area contributed by atoms with E-state index in [0.717, 1.165) is 75.8 Å². The lowest BCUT2D eigenvalue weighted by Crippen LogP contribution is -2.61. The second kappa shape index (κ2) is 15.6. The van der Waals surface area contributed by atoms with Gasteiger partial charge in [-0.15, -0.1) is 11.3 Å². The normalized spacial score (nSPS) is 25.4. The summed E-state index contributed by atoms with van der Waals surface area (Å²) in [6.07, 6.45) is 14.3. The average Bonchev–Trinajstić information content (AvgIpc) is 4.02. The van der Waals surface area contributed by atoms with Crippen LogP contribution in [0.3, 0.4) is 0 Å². The monoisotopic (exact) mass is 690 g/mol. The van der Waals surface area contributed by atoms with E-state index in [0.29, 0.717) is 44.3 Å². The molecule has 11 nitrogen and oxygen atoms in total. The van der Waals surface area contributed by atoms with Crippen molar-refractivity contribution in [2.75, 3.05) is 32.7 Å². The van der Waals surface area contributed by atoms with Gasteiger partial charge in [-0.1, -0.05) is 31.7 Å². The molecular formula is C34H54N6O5S2. The molecule has 262 valence electrons. The fourth-order valence-corrected chi connectivity index (χ4v) is 9.72. The molecule has 5 fully saturated rings. The van der Waals surface area contributed by atoms with Gasteiger partial charge in [0.15, 0.2) is 0 Å². The van der Waals surface area contributed by atoms with Crippen LogP contribution < -0.4 is 20.7 Å². The first kappa shape index (κ1) is 34.6. The van der Waals surface area contributed by atoms with Crippen molar-refractivity contribution in [1.29, 1.82) is 0 Å². The van der Waals surface area contributed by atoms with Gasteiger partial charge in [-0.2, -0.15) is 0 Å². The Morgan fingerprint density at radius 1 is 0.936 bits per heavy atom. The molecule has 3 heterocycles. The summed E-state index contributed by atoms with van der Waals surface area (Å²) >= 11 is 1.59. The third-order valence-corrected chi connectivity index (χ3v) is 14.0. The standard InChI is InChI=1S/C34H54N6O5S2/c41-31(35-23-26-9-6-22-46-26)28-24-40(19-13-29(28)38-33(43)39-20-16-34(14-15-34)17-21-39)32(42)30(37-25-7-2-1-3-8-25)10-4-5-18-36-47(44,45)27-11-12-27/h6,9,22,25,27-30,36-37H,1-5,7-8,10-21,23-24H2,(H,35,41)(H,38,43)/t28-,29+,30+/m0/s1. The molecule has 2 aliphatic heterocycles. The lowest BCUT2D eigenvalue weighted by molar-refractivity contribution is -0.138. The van der Waals surface area contributed by atoms with Crippen LogP contribution in [0.1, 0.15) is 101 Å². The lowest BCUT2D eigenvalue weighted by Gasteiger charge is -2.41. The summed E-state index contributed by atoms with van der Waals surface area (Å²) in [5, 5.41) is 11.7. The number of amides is 4. The summed E-state index contributed by atoms with van der Waals surface area (Å²) in [5.41, 5.74) is 0.472. The summed E-state index contributed by atoms with van der Waals surface area (Å²) in [6.45, 7) is 3.06. The van der Waals surface area contributed by atoms with Crippen molar-refractivity contribution >= 4 is 39.2 Å². The summed E-state index contributed by atoms with van der Waals surface area (Å²) in [4.78, 5) is 46.0. The van der Waals surface area contributed by atoms with Gasteiger partial charge >= 0.3 is 6.03 Å². The van der Waals surface area contributed by atoms with E-state index in [1.165, 1.54) is 19.3 Å². The van der Waals surface area contributed by atoms with Crippen LogP contribution in [0.4, 0.5) is 4.79 Å². The van der Waals surface area contributed by atoms with Gasteiger partial charge in [0.25, 0.3) is 0 Å². The maximum absolute atomic E-state index is 14.2. The molecule has 0 bridgehead atoms. The van der Waals surface area contributed by atoms with Crippen molar-refractivity contribution < 1.29 is 22.8 Å². The van der Waals surface area contributed by atoms with E-state index in [1.54, 1.807) is 11.3 Å². The summed E-state index contributed by atoms with van der Waals surface area (Å²) in [6, 6.07) is 3.39. The van der Waals surface area contributed by atoms with E-state index < -0.39 is 15.9 Å². The number of hydrogen-bond donors (Lipinski definition) is 4. The minimum Gasteiger partial charge on any atom is -0.351 e. The molecule has 4 N–H and O–H groups in total. The van der Waals surface area contributed by atoms with Gasteiger partial charge in [0.05, 0.1) is 23.8 Å². The van der Waals surface area contributed by atoms with E-state index >= 15 is 0 Å². The number of nitrogens with one attached hydrogen (secondary N) is 4.